The number of hydrogen-bond donors (Lipinski definition) is 2. The third-order valence-electron chi connectivity index (χ3n) is 3.65. The number of aromatic carboxylic acids is 2. The summed E-state index contributed by atoms with van der Waals surface area (Å²) in [5.74, 6) is -2.90. The molecule has 3 aromatic rings. The average molecular weight is 451 g/mol. The van der Waals surface area contributed by atoms with Crippen LogP contribution >= 0.6 is 46.7 Å². The molecule has 8 heteroatoms. The second-order valence-corrected chi connectivity index (χ2v) is 8.40. The number of benzene rings is 3. The SMILES string of the molecule is O=C(O)c1c(Cl)c(Sc2ccccc2)c(Sc2ccccc2)c(Cl)c1C(=O)O. The molecule has 3 rings (SSSR count). The fraction of sp³-hybridized carbons (Fsp3) is 0. The maximum absolute atomic E-state index is 11.8. The molecule has 0 aliphatic carbocycles. The van der Waals surface area contributed by atoms with Crippen LogP contribution in [-0.2, 0) is 0 Å². The highest BCUT2D eigenvalue weighted by Gasteiger charge is 2.30. The molecule has 0 aliphatic heterocycles. The minimum Gasteiger partial charge on any atom is -0.478 e. The number of carbonyl (C=O) groups is 2. The van der Waals surface area contributed by atoms with Gasteiger partial charge in [-0.1, -0.05) is 83.1 Å². The smallest absolute Gasteiger partial charge is 0.338 e. The van der Waals surface area contributed by atoms with E-state index in [0.29, 0.717) is 9.79 Å². The lowest BCUT2D eigenvalue weighted by molar-refractivity contribution is 0.0651. The van der Waals surface area contributed by atoms with E-state index in [0.717, 1.165) is 9.79 Å². The summed E-state index contributed by atoms with van der Waals surface area (Å²) in [6.07, 6.45) is 0. The zero-order valence-electron chi connectivity index (χ0n) is 14.1. The number of hydrogen-bond acceptors (Lipinski definition) is 4. The maximum atomic E-state index is 11.8. The first kappa shape index (κ1) is 20.6. The van der Waals surface area contributed by atoms with Gasteiger partial charge in [0.1, 0.15) is 0 Å². The van der Waals surface area contributed by atoms with Crippen LogP contribution in [0, 0.1) is 0 Å². The zero-order chi connectivity index (χ0) is 20.3. The predicted molar refractivity (Wildman–Crippen MR) is 112 cm³/mol. The van der Waals surface area contributed by atoms with E-state index in [1.165, 1.54) is 23.5 Å². The summed E-state index contributed by atoms with van der Waals surface area (Å²) in [7, 11) is 0. The minimum atomic E-state index is -1.45. The number of rotatable bonds is 6. The van der Waals surface area contributed by atoms with Crippen LogP contribution in [-0.4, -0.2) is 22.2 Å². The number of halogens is 2. The molecule has 0 amide bonds. The summed E-state index contributed by atoms with van der Waals surface area (Å²) in [6, 6.07) is 18.4. The Morgan fingerprint density at radius 3 is 1.25 bits per heavy atom. The highest BCUT2D eigenvalue weighted by Crippen LogP contribution is 2.49. The zero-order valence-corrected chi connectivity index (χ0v) is 17.2. The Labute approximate surface area is 179 Å². The van der Waals surface area contributed by atoms with Crippen molar-refractivity contribution in [2.75, 3.05) is 0 Å². The van der Waals surface area contributed by atoms with Crippen LogP contribution in [0.3, 0.4) is 0 Å². The van der Waals surface area contributed by atoms with Crippen molar-refractivity contribution in [1.29, 1.82) is 0 Å². The summed E-state index contributed by atoms with van der Waals surface area (Å²) >= 11 is 15.3. The quantitative estimate of drug-likeness (QED) is 0.435. The van der Waals surface area contributed by atoms with E-state index < -0.39 is 23.1 Å². The number of carboxylic acid groups (broad SMARTS) is 2. The van der Waals surface area contributed by atoms with Crippen molar-refractivity contribution < 1.29 is 19.8 Å². The second kappa shape index (κ2) is 8.92. The van der Waals surface area contributed by atoms with Gasteiger partial charge in [0.15, 0.2) is 0 Å². The topological polar surface area (TPSA) is 74.6 Å². The van der Waals surface area contributed by atoms with Gasteiger partial charge in [-0.25, -0.2) is 9.59 Å². The van der Waals surface area contributed by atoms with E-state index in [1.54, 1.807) is 0 Å². The van der Waals surface area contributed by atoms with Gasteiger partial charge in [-0.15, -0.1) is 0 Å². The Morgan fingerprint density at radius 1 is 0.643 bits per heavy atom. The fourth-order valence-electron chi connectivity index (χ4n) is 2.44. The van der Waals surface area contributed by atoms with Crippen LogP contribution in [0.1, 0.15) is 20.7 Å². The van der Waals surface area contributed by atoms with Crippen molar-refractivity contribution in [3.8, 4) is 0 Å². The summed E-state index contributed by atoms with van der Waals surface area (Å²) in [4.78, 5) is 25.9. The van der Waals surface area contributed by atoms with E-state index in [4.69, 9.17) is 23.2 Å². The van der Waals surface area contributed by atoms with Crippen LogP contribution in [0.5, 0.6) is 0 Å². The fourth-order valence-corrected chi connectivity index (χ4v) is 5.41. The van der Waals surface area contributed by atoms with Crippen LogP contribution < -0.4 is 0 Å². The molecular formula is C20H12Cl2O4S2. The van der Waals surface area contributed by atoms with E-state index in [9.17, 15) is 19.8 Å². The van der Waals surface area contributed by atoms with Crippen molar-refractivity contribution in [1.82, 2.24) is 0 Å². The lowest BCUT2D eigenvalue weighted by atomic mass is 10.1. The normalized spacial score (nSPS) is 10.6. The first-order valence-corrected chi connectivity index (χ1v) is 10.3. The first-order valence-electron chi connectivity index (χ1n) is 7.87. The molecule has 0 atom stereocenters. The molecule has 0 heterocycles. The largest absolute Gasteiger partial charge is 0.478 e. The predicted octanol–water partition coefficient (Wildman–Crippen LogP) is 6.69. The Balaban J connectivity index is 2.27. The summed E-state index contributed by atoms with van der Waals surface area (Å²) in [5, 5.41) is 18.8. The van der Waals surface area contributed by atoms with E-state index in [1.807, 2.05) is 60.7 Å². The van der Waals surface area contributed by atoms with Crippen molar-refractivity contribution in [2.45, 2.75) is 19.6 Å². The first-order chi connectivity index (χ1) is 13.4. The minimum absolute atomic E-state index is 0.151. The third-order valence-corrected chi connectivity index (χ3v) is 7.00. The van der Waals surface area contributed by atoms with Crippen LogP contribution in [0.4, 0.5) is 0 Å². The van der Waals surface area contributed by atoms with Gasteiger partial charge in [0.2, 0.25) is 0 Å². The van der Waals surface area contributed by atoms with E-state index in [2.05, 4.69) is 0 Å². The van der Waals surface area contributed by atoms with Crippen LogP contribution in [0.2, 0.25) is 10.0 Å². The molecule has 0 fully saturated rings. The molecule has 0 saturated carbocycles. The molecule has 0 radical (unpaired) electrons. The van der Waals surface area contributed by atoms with Crippen molar-refractivity contribution in [3.05, 3.63) is 81.8 Å². The van der Waals surface area contributed by atoms with Crippen molar-refractivity contribution in [2.24, 2.45) is 0 Å². The Hall–Kier alpha value is -2.12. The molecule has 0 aromatic heterocycles. The van der Waals surface area contributed by atoms with Gasteiger partial charge in [0.05, 0.1) is 21.2 Å². The molecule has 4 nitrogen and oxygen atoms in total. The Kier molecular flexibility index (Phi) is 6.57. The molecule has 28 heavy (non-hydrogen) atoms. The van der Waals surface area contributed by atoms with Gasteiger partial charge in [-0.3, -0.25) is 0 Å². The standard InChI is InChI=1S/C20H12Cl2O4S2/c21-15-13(19(23)24)14(20(25)26)16(22)18(28-12-9-5-2-6-10-12)17(15)27-11-7-3-1-4-8-11/h1-10H,(H,23,24)(H,25,26). The van der Waals surface area contributed by atoms with Crippen molar-refractivity contribution >= 4 is 58.7 Å². The third kappa shape index (κ3) is 4.31. The summed E-state index contributed by atoms with van der Waals surface area (Å²) < 4.78 is 0. The van der Waals surface area contributed by atoms with E-state index in [-0.39, 0.29) is 10.0 Å². The Bertz CT molecular complexity index is 957. The lowest BCUT2D eigenvalue weighted by Gasteiger charge is -2.17. The molecule has 0 unspecified atom stereocenters. The monoisotopic (exact) mass is 450 g/mol. The summed E-state index contributed by atoms with van der Waals surface area (Å²) in [5.41, 5.74) is -1.04. The van der Waals surface area contributed by atoms with Gasteiger partial charge < -0.3 is 10.2 Å². The van der Waals surface area contributed by atoms with Gasteiger partial charge >= 0.3 is 11.9 Å². The molecule has 0 bridgehead atoms. The van der Waals surface area contributed by atoms with Gasteiger partial charge in [-0.05, 0) is 24.3 Å². The molecule has 142 valence electrons. The molecular weight excluding hydrogens is 439 g/mol. The van der Waals surface area contributed by atoms with Gasteiger partial charge in [-0.2, -0.15) is 0 Å². The van der Waals surface area contributed by atoms with E-state index >= 15 is 0 Å². The van der Waals surface area contributed by atoms with Crippen LogP contribution in [0.15, 0.2) is 80.2 Å². The molecule has 0 saturated heterocycles. The second-order valence-electron chi connectivity index (χ2n) is 5.48. The average Bonchev–Trinajstić information content (AvgIpc) is 2.68. The van der Waals surface area contributed by atoms with Crippen LogP contribution in [0.25, 0.3) is 0 Å². The lowest BCUT2D eigenvalue weighted by Crippen LogP contribution is -2.11. The molecule has 0 aliphatic rings. The van der Waals surface area contributed by atoms with Gasteiger partial charge in [0.25, 0.3) is 0 Å². The number of carboxylic acids is 2. The molecule has 2 N–H and O–H groups in total. The highest BCUT2D eigenvalue weighted by molar-refractivity contribution is 8.02. The maximum Gasteiger partial charge on any atom is 0.338 e. The van der Waals surface area contributed by atoms with Crippen molar-refractivity contribution in [3.63, 3.8) is 0 Å². The molecule has 3 aromatic carbocycles. The highest BCUT2D eigenvalue weighted by atomic mass is 35.5. The molecule has 0 spiro atoms. The van der Waals surface area contributed by atoms with Gasteiger partial charge in [0, 0.05) is 19.6 Å². The Morgan fingerprint density at radius 2 is 0.964 bits per heavy atom. The summed E-state index contributed by atoms with van der Waals surface area (Å²) in [6.45, 7) is 0.